The second-order valence-electron chi connectivity index (χ2n) is 3.64. The maximum absolute atomic E-state index is 5.30. The van der Waals surface area contributed by atoms with Crippen molar-refractivity contribution < 1.29 is 4.74 Å². The molecule has 0 amide bonds. The highest BCUT2D eigenvalue weighted by atomic mass is 16.5. The van der Waals surface area contributed by atoms with Crippen LogP contribution in [0.5, 0.6) is 0 Å². The maximum Gasteiger partial charge on any atom is 0.128 e. The van der Waals surface area contributed by atoms with Gasteiger partial charge in [0, 0.05) is 13.2 Å². The highest BCUT2D eigenvalue weighted by Gasteiger charge is 2.15. The molecule has 0 bridgehead atoms. The number of nitrogens with zero attached hydrogens (tertiary/aromatic N) is 1. The predicted molar refractivity (Wildman–Crippen MR) is 61.2 cm³/mol. The molecule has 1 saturated heterocycles. The van der Waals surface area contributed by atoms with E-state index in [1.165, 1.54) is 0 Å². The topological polar surface area (TPSA) is 46.2 Å². The lowest BCUT2D eigenvalue weighted by Crippen LogP contribution is -2.19. The lowest BCUT2D eigenvalue weighted by Gasteiger charge is -2.12. The summed E-state index contributed by atoms with van der Waals surface area (Å²) in [7, 11) is 0. The smallest absolute Gasteiger partial charge is 0.128 e. The fraction of sp³-hybridized carbons (Fsp3) is 0.545. The Morgan fingerprint density at radius 3 is 3.07 bits per heavy atom. The number of rotatable bonds is 4. The Balaban J connectivity index is 1.97. The number of aromatic nitrogens is 1. The van der Waals surface area contributed by atoms with Crippen molar-refractivity contribution in [3.8, 4) is 0 Å². The van der Waals surface area contributed by atoms with Crippen molar-refractivity contribution in [1.29, 1.82) is 0 Å². The highest BCUT2D eigenvalue weighted by Crippen LogP contribution is 2.13. The number of hydrogen-bond donors (Lipinski definition) is 2. The van der Waals surface area contributed by atoms with Crippen molar-refractivity contribution in [2.75, 3.05) is 30.4 Å². The Morgan fingerprint density at radius 2 is 2.33 bits per heavy atom. The average Bonchev–Trinajstić information content (AvgIpc) is 2.71. The zero-order valence-electron chi connectivity index (χ0n) is 8.99. The summed E-state index contributed by atoms with van der Waals surface area (Å²) in [4.78, 5) is 4.45. The normalized spacial score (nSPS) is 20.2. The van der Waals surface area contributed by atoms with Gasteiger partial charge in [-0.2, -0.15) is 0 Å². The zero-order chi connectivity index (χ0) is 10.5. The van der Waals surface area contributed by atoms with E-state index in [1.807, 2.05) is 18.2 Å². The molecule has 1 aliphatic heterocycles. The molecule has 0 saturated carbocycles. The summed E-state index contributed by atoms with van der Waals surface area (Å²) < 4.78 is 5.30. The molecule has 1 unspecified atom stereocenters. The van der Waals surface area contributed by atoms with Crippen molar-refractivity contribution >= 4 is 11.6 Å². The van der Waals surface area contributed by atoms with Crippen LogP contribution in [-0.4, -0.2) is 30.8 Å². The first-order chi connectivity index (χ1) is 7.38. The summed E-state index contributed by atoms with van der Waals surface area (Å²) in [5.74, 6) is 1.84. The van der Waals surface area contributed by atoms with Gasteiger partial charge < -0.3 is 15.4 Å². The maximum atomic E-state index is 5.30. The van der Waals surface area contributed by atoms with Gasteiger partial charge >= 0.3 is 0 Å². The third-order valence-corrected chi connectivity index (χ3v) is 2.39. The molecule has 1 aromatic rings. The zero-order valence-corrected chi connectivity index (χ0v) is 8.99. The van der Waals surface area contributed by atoms with Gasteiger partial charge in [0.1, 0.15) is 11.6 Å². The monoisotopic (exact) mass is 207 g/mol. The van der Waals surface area contributed by atoms with Gasteiger partial charge in [0.25, 0.3) is 0 Å². The van der Waals surface area contributed by atoms with Gasteiger partial charge in [-0.3, -0.25) is 0 Å². The van der Waals surface area contributed by atoms with Crippen molar-refractivity contribution in [3.05, 3.63) is 18.2 Å². The summed E-state index contributed by atoms with van der Waals surface area (Å²) in [6.07, 6.45) is 1.06. The molecule has 1 atom stereocenters. The molecule has 0 spiro atoms. The molecule has 4 heteroatoms. The molecule has 0 aromatic carbocycles. The first kappa shape index (κ1) is 10.2. The third kappa shape index (κ3) is 2.83. The van der Waals surface area contributed by atoms with Crippen LogP contribution in [0.3, 0.4) is 0 Å². The lowest BCUT2D eigenvalue weighted by molar-refractivity contribution is 0.195. The van der Waals surface area contributed by atoms with Gasteiger partial charge in [0.15, 0.2) is 0 Å². The standard InChI is InChI=1S/C11H17N3O/c1-2-12-10-4-3-5-11(14-10)13-9-6-7-15-8-9/h3-5,9H,2,6-8H2,1H3,(H2,12,13,14). The van der Waals surface area contributed by atoms with Gasteiger partial charge in [-0.15, -0.1) is 0 Å². The average molecular weight is 207 g/mol. The Hall–Kier alpha value is -1.29. The van der Waals surface area contributed by atoms with E-state index in [2.05, 4.69) is 22.5 Å². The molecule has 2 rings (SSSR count). The summed E-state index contributed by atoms with van der Waals surface area (Å²) >= 11 is 0. The molecule has 1 fully saturated rings. The van der Waals surface area contributed by atoms with E-state index in [0.29, 0.717) is 6.04 Å². The Labute approximate surface area is 90.0 Å². The molecule has 2 heterocycles. The van der Waals surface area contributed by atoms with Crippen LogP contribution >= 0.6 is 0 Å². The van der Waals surface area contributed by atoms with Crippen molar-refractivity contribution in [2.45, 2.75) is 19.4 Å². The van der Waals surface area contributed by atoms with Crippen LogP contribution < -0.4 is 10.6 Å². The third-order valence-electron chi connectivity index (χ3n) is 2.39. The lowest BCUT2D eigenvalue weighted by atomic mass is 10.2. The van der Waals surface area contributed by atoms with E-state index in [9.17, 15) is 0 Å². The summed E-state index contributed by atoms with van der Waals surface area (Å²) in [6, 6.07) is 6.37. The van der Waals surface area contributed by atoms with Crippen LogP contribution in [0.2, 0.25) is 0 Å². The number of nitrogens with one attached hydrogen (secondary N) is 2. The van der Waals surface area contributed by atoms with Gasteiger partial charge in [0.05, 0.1) is 12.6 Å². The first-order valence-electron chi connectivity index (χ1n) is 5.43. The Bertz CT molecular complexity index is 310. The quantitative estimate of drug-likeness (QED) is 0.789. The predicted octanol–water partition coefficient (Wildman–Crippen LogP) is 1.71. The van der Waals surface area contributed by atoms with Gasteiger partial charge in [-0.1, -0.05) is 6.07 Å². The van der Waals surface area contributed by atoms with Crippen molar-refractivity contribution in [2.24, 2.45) is 0 Å². The Kier molecular flexibility index (Phi) is 3.40. The summed E-state index contributed by atoms with van der Waals surface area (Å²) in [6.45, 7) is 4.59. The van der Waals surface area contributed by atoms with Gasteiger partial charge in [0.2, 0.25) is 0 Å². The SMILES string of the molecule is CCNc1cccc(NC2CCOC2)n1. The summed E-state index contributed by atoms with van der Waals surface area (Å²) in [5, 5.41) is 6.55. The van der Waals surface area contributed by atoms with Crippen LogP contribution in [0.15, 0.2) is 18.2 Å². The van der Waals surface area contributed by atoms with E-state index >= 15 is 0 Å². The highest BCUT2D eigenvalue weighted by molar-refractivity contribution is 5.45. The van der Waals surface area contributed by atoms with Gasteiger partial charge in [-0.25, -0.2) is 4.98 Å². The van der Waals surface area contributed by atoms with E-state index in [4.69, 9.17) is 4.74 Å². The van der Waals surface area contributed by atoms with E-state index in [1.54, 1.807) is 0 Å². The molecule has 0 radical (unpaired) electrons. The molecule has 2 N–H and O–H groups in total. The molecule has 0 aliphatic carbocycles. The largest absolute Gasteiger partial charge is 0.379 e. The molecule has 4 nitrogen and oxygen atoms in total. The van der Waals surface area contributed by atoms with Gasteiger partial charge in [-0.05, 0) is 25.5 Å². The minimum Gasteiger partial charge on any atom is -0.379 e. The fourth-order valence-electron chi connectivity index (χ4n) is 1.65. The summed E-state index contributed by atoms with van der Waals surface area (Å²) in [5.41, 5.74) is 0. The van der Waals surface area contributed by atoms with E-state index in [0.717, 1.165) is 37.8 Å². The van der Waals surface area contributed by atoms with Crippen molar-refractivity contribution in [3.63, 3.8) is 0 Å². The van der Waals surface area contributed by atoms with E-state index in [-0.39, 0.29) is 0 Å². The van der Waals surface area contributed by atoms with Crippen LogP contribution in [0.1, 0.15) is 13.3 Å². The molecular formula is C11H17N3O. The van der Waals surface area contributed by atoms with Crippen LogP contribution in [-0.2, 0) is 4.74 Å². The van der Waals surface area contributed by atoms with E-state index < -0.39 is 0 Å². The number of anilines is 2. The molecule has 15 heavy (non-hydrogen) atoms. The first-order valence-corrected chi connectivity index (χ1v) is 5.43. The molecular weight excluding hydrogens is 190 g/mol. The molecule has 1 aliphatic rings. The second-order valence-corrected chi connectivity index (χ2v) is 3.64. The van der Waals surface area contributed by atoms with Crippen LogP contribution in [0.4, 0.5) is 11.6 Å². The minimum atomic E-state index is 0.411. The van der Waals surface area contributed by atoms with Crippen LogP contribution in [0, 0.1) is 0 Å². The minimum absolute atomic E-state index is 0.411. The Morgan fingerprint density at radius 1 is 1.47 bits per heavy atom. The number of pyridine rings is 1. The number of ether oxygens (including phenoxy) is 1. The molecule has 82 valence electrons. The molecule has 1 aromatic heterocycles. The van der Waals surface area contributed by atoms with Crippen molar-refractivity contribution in [1.82, 2.24) is 4.98 Å². The number of hydrogen-bond acceptors (Lipinski definition) is 4. The van der Waals surface area contributed by atoms with Crippen LogP contribution in [0.25, 0.3) is 0 Å². The fourth-order valence-corrected chi connectivity index (χ4v) is 1.65. The second kappa shape index (κ2) is 4.98.